The monoisotopic (exact) mass is 409 g/mol. The van der Waals surface area contributed by atoms with Gasteiger partial charge in [-0.05, 0) is 25.0 Å². The maximum Gasteiger partial charge on any atom is 0.317 e. The lowest BCUT2D eigenvalue weighted by Gasteiger charge is -2.32. The summed E-state index contributed by atoms with van der Waals surface area (Å²) in [6.45, 7) is 2.95. The van der Waals surface area contributed by atoms with Crippen LogP contribution in [-0.4, -0.2) is 49.8 Å². The quantitative estimate of drug-likeness (QED) is 0.660. The fourth-order valence-corrected chi connectivity index (χ4v) is 3.66. The molecule has 10 heteroatoms. The summed E-state index contributed by atoms with van der Waals surface area (Å²) in [6, 6.07) is 9.31. The third kappa shape index (κ3) is 4.17. The molecule has 10 nitrogen and oxygen atoms in total. The zero-order valence-electron chi connectivity index (χ0n) is 16.6. The van der Waals surface area contributed by atoms with Crippen LogP contribution in [0, 0.1) is 6.92 Å². The standard InChI is InChI=1S/C20H23N7O3/c1-13-23-17(25-30-13)10-22-20(29)26-9-5-6-14(11-26)18-16(19(21)28)12-27(24-18)15-7-3-2-4-8-15/h2-4,7-8,12,14H,5-6,9-11H2,1H3,(H2,21,28)(H,22,29)/t14-/m1/s1. The molecule has 1 saturated heterocycles. The van der Waals surface area contributed by atoms with Gasteiger partial charge in [0.25, 0.3) is 5.91 Å². The van der Waals surface area contributed by atoms with E-state index in [1.165, 1.54) is 0 Å². The van der Waals surface area contributed by atoms with Gasteiger partial charge in [0.15, 0.2) is 5.82 Å². The topological polar surface area (TPSA) is 132 Å². The van der Waals surface area contributed by atoms with E-state index in [1.54, 1.807) is 22.7 Å². The van der Waals surface area contributed by atoms with Gasteiger partial charge in [-0.1, -0.05) is 23.4 Å². The lowest BCUT2D eigenvalue weighted by atomic mass is 9.92. The summed E-state index contributed by atoms with van der Waals surface area (Å²) in [4.78, 5) is 30.4. The minimum Gasteiger partial charge on any atom is -0.365 e. The van der Waals surface area contributed by atoms with Crippen molar-refractivity contribution in [1.82, 2.24) is 30.1 Å². The Kier molecular flexibility index (Phi) is 5.46. The van der Waals surface area contributed by atoms with Crippen molar-refractivity contribution in [1.29, 1.82) is 0 Å². The Labute approximate surface area is 173 Å². The predicted molar refractivity (Wildman–Crippen MR) is 107 cm³/mol. The van der Waals surface area contributed by atoms with Crippen LogP contribution in [0.3, 0.4) is 0 Å². The third-order valence-electron chi connectivity index (χ3n) is 5.09. The molecule has 1 aliphatic rings. The van der Waals surface area contributed by atoms with E-state index in [1.807, 2.05) is 30.3 Å². The van der Waals surface area contributed by atoms with Crippen LogP contribution >= 0.6 is 0 Å². The van der Waals surface area contributed by atoms with Gasteiger partial charge in [0.1, 0.15) is 0 Å². The summed E-state index contributed by atoms with van der Waals surface area (Å²) in [7, 11) is 0. The molecule has 0 unspecified atom stereocenters. The van der Waals surface area contributed by atoms with E-state index in [-0.39, 0.29) is 18.5 Å². The van der Waals surface area contributed by atoms with Crippen LogP contribution in [0.5, 0.6) is 0 Å². The number of likely N-dealkylation sites (tertiary alicyclic amines) is 1. The summed E-state index contributed by atoms with van der Waals surface area (Å²) in [6.07, 6.45) is 3.28. The van der Waals surface area contributed by atoms with Gasteiger partial charge in [0.05, 0.1) is 23.5 Å². The molecular formula is C20H23N7O3. The largest absolute Gasteiger partial charge is 0.365 e. The van der Waals surface area contributed by atoms with Crippen molar-refractivity contribution in [3.05, 3.63) is 59.5 Å². The van der Waals surface area contributed by atoms with E-state index >= 15 is 0 Å². The number of urea groups is 1. The average molecular weight is 409 g/mol. The number of hydrogen-bond donors (Lipinski definition) is 2. The number of nitrogens with one attached hydrogen (secondary N) is 1. The molecule has 3 N–H and O–H groups in total. The third-order valence-corrected chi connectivity index (χ3v) is 5.09. The van der Waals surface area contributed by atoms with Gasteiger partial charge in [-0.15, -0.1) is 0 Å². The van der Waals surface area contributed by atoms with Crippen molar-refractivity contribution in [2.24, 2.45) is 5.73 Å². The van der Waals surface area contributed by atoms with Crippen LogP contribution in [0.1, 0.15) is 46.5 Å². The second kappa shape index (κ2) is 8.36. The average Bonchev–Trinajstić information content (AvgIpc) is 3.39. The number of para-hydroxylation sites is 1. The van der Waals surface area contributed by atoms with Gasteiger partial charge in [-0.3, -0.25) is 4.79 Å². The molecule has 0 saturated carbocycles. The van der Waals surface area contributed by atoms with E-state index in [9.17, 15) is 9.59 Å². The maximum atomic E-state index is 12.6. The highest BCUT2D eigenvalue weighted by Gasteiger charge is 2.30. The minimum atomic E-state index is -0.527. The first-order valence-corrected chi connectivity index (χ1v) is 9.78. The molecule has 1 aromatic carbocycles. The summed E-state index contributed by atoms with van der Waals surface area (Å²) in [5.41, 5.74) is 7.46. The number of piperidine rings is 1. The fourth-order valence-electron chi connectivity index (χ4n) is 3.66. The van der Waals surface area contributed by atoms with E-state index < -0.39 is 5.91 Å². The lowest BCUT2D eigenvalue weighted by molar-refractivity contribution is 0.0998. The van der Waals surface area contributed by atoms with Crippen molar-refractivity contribution in [2.75, 3.05) is 13.1 Å². The number of amides is 3. The van der Waals surface area contributed by atoms with Gasteiger partial charge >= 0.3 is 6.03 Å². The number of benzene rings is 1. The first-order chi connectivity index (χ1) is 14.5. The molecule has 0 spiro atoms. The zero-order valence-corrected chi connectivity index (χ0v) is 16.6. The number of rotatable bonds is 5. The highest BCUT2D eigenvalue weighted by Crippen LogP contribution is 2.29. The number of aromatic nitrogens is 4. The molecule has 3 heterocycles. The molecule has 156 valence electrons. The minimum absolute atomic E-state index is 0.0793. The number of aryl methyl sites for hydroxylation is 1. The molecule has 30 heavy (non-hydrogen) atoms. The molecular weight excluding hydrogens is 386 g/mol. The molecule has 0 bridgehead atoms. The molecule has 1 fully saturated rings. The second-order valence-corrected chi connectivity index (χ2v) is 7.25. The van der Waals surface area contributed by atoms with Gasteiger partial charge in [-0.2, -0.15) is 10.1 Å². The normalized spacial score (nSPS) is 16.4. The molecule has 0 radical (unpaired) electrons. The smallest absolute Gasteiger partial charge is 0.317 e. The highest BCUT2D eigenvalue weighted by molar-refractivity contribution is 5.94. The first-order valence-electron chi connectivity index (χ1n) is 9.78. The molecule has 0 aliphatic carbocycles. The van der Waals surface area contributed by atoms with Crippen LogP contribution < -0.4 is 11.1 Å². The van der Waals surface area contributed by atoms with E-state index in [0.717, 1.165) is 18.5 Å². The Balaban J connectivity index is 1.49. The Morgan fingerprint density at radius 1 is 1.30 bits per heavy atom. The van der Waals surface area contributed by atoms with Gasteiger partial charge < -0.3 is 20.5 Å². The van der Waals surface area contributed by atoms with Crippen LogP contribution in [0.15, 0.2) is 41.1 Å². The van der Waals surface area contributed by atoms with Crippen LogP contribution in [-0.2, 0) is 6.54 Å². The number of hydrogen-bond acceptors (Lipinski definition) is 6. The highest BCUT2D eigenvalue weighted by atomic mass is 16.5. The Bertz CT molecular complexity index is 1040. The molecule has 2 aromatic heterocycles. The van der Waals surface area contributed by atoms with Gasteiger partial charge in [0, 0.05) is 32.1 Å². The van der Waals surface area contributed by atoms with E-state index in [4.69, 9.17) is 10.3 Å². The number of nitrogens with two attached hydrogens (primary N) is 1. The molecule has 4 rings (SSSR count). The van der Waals surface area contributed by atoms with Gasteiger partial charge in [-0.25, -0.2) is 9.48 Å². The summed E-state index contributed by atoms with van der Waals surface area (Å²) in [5, 5.41) is 11.2. The lowest BCUT2D eigenvalue weighted by Crippen LogP contribution is -2.45. The van der Waals surface area contributed by atoms with E-state index in [0.29, 0.717) is 36.1 Å². The first kappa shape index (κ1) is 19.6. The zero-order chi connectivity index (χ0) is 21.1. The summed E-state index contributed by atoms with van der Waals surface area (Å²) >= 11 is 0. The number of nitrogens with zero attached hydrogens (tertiary/aromatic N) is 5. The van der Waals surface area contributed by atoms with Crippen molar-refractivity contribution in [3.63, 3.8) is 0 Å². The van der Waals surface area contributed by atoms with Crippen molar-refractivity contribution in [3.8, 4) is 5.69 Å². The summed E-state index contributed by atoms with van der Waals surface area (Å²) < 4.78 is 6.57. The molecule has 3 amide bonds. The Hall–Kier alpha value is -3.69. The molecule has 3 aromatic rings. The SMILES string of the molecule is Cc1nc(CNC(=O)N2CCC[C@@H](c3nn(-c4ccccc4)cc3C(N)=O)C2)no1. The Morgan fingerprint density at radius 3 is 2.80 bits per heavy atom. The van der Waals surface area contributed by atoms with E-state index in [2.05, 4.69) is 20.6 Å². The Morgan fingerprint density at radius 2 is 2.10 bits per heavy atom. The van der Waals surface area contributed by atoms with Crippen molar-refractivity contribution < 1.29 is 14.1 Å². The second-order valence-electron chi connectivity index (χ2n) is 7.25. The number of carbonyl (C=O) groups excluding carboxylic acids is 2. The van der Waals surface area contributed by atoms with Crippen LogP contribution in [0.4, 0.5) is 4.79 Å². The number of primary amides is 1. The summed E-state index contributed by atoms with van der Waals surface area (Å²) in [5.74, 6) is 0.267. The molecule has 1 atom stereocenters. The number of carbonyl (C=O) groups is 2. The van der Waals surface area contributed by atoms with Crippen molar-refractivity contribution >= 4 is 11.9 Å². The van der Waals surface area contributed by atoms with Gasteiger partial charge in [0.2, 0.25) is 5.89 Å². The van der Waals surface area contributed by atoms with Crippen LogP contribution in [0.25, 0.3) is 5.69 Å². The van der Waals surface area contributed by atoms with Crippen LogP contribution in [0.2, 0.25) is 0 Å². The maximum absolute atomic E-state index is 12.6. The predicted octanol–water partition coefficient (Wildman–Crippen LogP) is 1.75. The molecule has 1 aliphatic heterocycles. The van der Waals surface area contributed by atoms with Crippen molar-refractivity contribution in [2.45, 2.75) is 32.2 Å². The fraction of sp³-hybridized carbons (Fsp3) is 0.350.